The van der Waals surface area contributed by atoms with Gasteiger partial charge in [-0.3, -0.25) is 4.79 Å². The molecule has 1 fully saturated rings. The third kappa shape index (κ3) is 4.95. The molecule has 1 saturated heterocycles. The van der Waals surface area contributed by atoms with Crippen LogP contribution in [0.2, 0.25) is 0 Å². The van der Waals surface area contributed by atoms with Gasteiger partial charge in [-0.15, -0.1) is 0 Å². The Hall–Kier alpha value is -2.60. The first-order valence-corrected chi connectivity index (χ1v) is 9.09. The summed E-state index contributed by atoms with van der Waals surface area (Å²) in [6.07, 6.45) is 1.65. The predicted molar refractivity (Wildman–Crippen MR) is 107 cm³/mol. The van der Waals surface area contributed by atoms with Gasteiger partial charge in [0.2, 0.25) is 5.91 Å². The van der Waals surface area contributed by atoms with E-state index < -0.39 is 0 Å². The number of likely N-dealkylation sites (tertiary alicyclic amines) is 1. The Bertz CT molecular complexity index is 760. The van der Waals surface area contributed by atoms with E-state index in [2.05, 4.69) is 34.9 Å². The van der Waals surface area contributed by atoms with E-state index >= 15 is 0 Å². The number of methoxy groups -OCH3 is 1. The fraction of sp³-hybridized carbons (Fsp3) is 0.300. The van der Waals surface area contributed by atoms with Gasteiger partial charge in [-0.25, -0.2) is 0 Å². The first kappa shape index (κ1) is 18.2. The molecule has 26 heavy (non-hydrogen) atoms. The number of ether oxygens (including phenoxy) is 1. The smallest absolute Gasteiger partial charge is 0.222 e. The van der Waals surface area contributed by atoms with E-state index in [9.17, 15) is 4.79 Å². The van der Waals surface area contributed by atoms with Crippen molar-refractivity contribution in [3.63, 3.8) is 0 Å². The zero-order chi connectivity index (χ0) is 18.4. The quantitative estimate of drug-likeness (QED) is 0.765. The topological polar surface area (TPSA) is 53.6 Å². The van der Waals surface area contributed by atoms with Crippen molar-refractivity contribution in [3.05, 3.63) is 59.7 Å². The molecule has 2 aromatic rings. The lowest BCUT2D eigenvalue weighted by Gasteiger charge is -2.16. The van der Waals surface area contributed by atoms with Gasteiger partial charge in [-0.05, 0) is 54.0 Å². The van der Waals surface area contributed by atoms with Gasteiger partial charge in [0, 0.05) is 31.7 Å². The maximum Gasteiger partial charge on any atom is 0.222 e. The summed E-state index contributed by atoms with van der Waals surface area (Å²) in [5, 5.41) is 6.92. The van der Waals surface area contributed by atoms with E-state index in [1.165, 1.54) is 0 Å². The van der Waals surface area contributed by atoms with Gasteiger partial charge >= 0.3 is 0 Å². The van der Waals surface area contributed by atoms with Crippen LogP contribution < -0.4 is 15.4 Å². The first-order valence-electron chi connectivity index (χ1n) is 8.68. The van der Waals surface area contributed by atoms with E-state index in [1.807, 2.05) is 29.2 Å². The lowest BCUT2D eigenvalue weighted by Crippen LogP contribution is -2.27. The second kappa shape index (κ2) is 8.67. The summed E-state index contributed by atoms with van der Waals surface area (Å²) in [5.74, 6) is 1.07. The fourth-order valence-corrected chi connectivity index (χ4v) is 3.08. The number of carbonyl (C=O) groups excluding carboxylic acids is 1. The highest BCUT2D eigenvalue weighted by Crippen LogP contribution is 2.16. The van der Waals surface area contributed by atoms with Gasteiger partial charge in [-0.1, -0.05) is 24.3 Å². The summed E-state index contributed by atoms with van der Waals surface area (Å²) in [5.41, 5.74) is 3.21. The minimum Gasteiger partial charge on any atom is -0.497 e. The van der Waals surface area contributed by atoms with Gasteiger partial charge in [-0.2, -0.15) is 0 Å². The fourth-order valence-electron chi connectivity index (χ4n) is 2.89. The van der Waals surface area contributed by atoms with Gasteiger partial charge in [0.15, 0.2) is 5.11 Å². The molecule has 0 bridgehead atoms. The van der Waals surface area contributed by atoms with E-state index in [0.29, 0.717) is 24.6 Å². The van der Waals surface area contributed by atoms with E-state index in [0.717, 1.165) is 35.5 Å². The molecule has 0 unspecified atom stereocenters. The zero-order valence-electron chi connectivity index (χ0n) is 14.8. The molecular formula is C20H23N3O2S. The van der Waals surface area contributed by atoms with Crippen molar-refractivity contribution in [2.75, 3.05) is 19.0 Å². The predicted octanol–water partition coefficient (Wildman–Crippen LogP) is 3.30. The average Bonchev–Trinajstić information content (AvgIpc) is 3.06. The molecule has 2 aromatic carbocycles. The van der Waals surface area contributed by atoms with Gasteiger partial charge in [0.05, 0.1) is 7.11 Å². The standard InChI is InChI=1S/C20H23N3O2S/c1-25-18-10-8-17(9-11-18)22-20(26)21-13-15-4-6-16(7-5-15)14-23-12-2-3-19(23)24/h4-11H,2-3,12-14H2,1H3,(H2,21,22,26). The maximum atomic E-state index is 11.7. The molecule has 1 heterocycles. The Balaban J connectivity index is 1.46. The Labute approximate surface area is 159 Å². The number of carbonyl (C=O) groups is 1. The third-order valence-electron chi connectivity index (χ3n) is 4.37. The lowest BCUT2D eigenvalue weighted by atomic mass is 10.1. The molecule has 136 valence electrons. The molecule has 6 heteroatoms. The largest absolute Gasteiger partial charge is 0.497 e. The summed E-state index contributed by atoms with van der Waals surface area (Å²) in [4.78, 5) is 13.6. The van der Waals surface area contributed by atoms with E-state index in [1.54, 1.807) is 7.11 Å². The van der Waals surface area contributed by atoms with Crippen LogP contribution >= 0.6 is 12.2 Å². The monoisotopic (exact) mass is 369 g/mol. The molecule has 0 spiro atoms. The highest BCUT2D eigenvalue weighted by atomic mass is 32.1. The Morgan fingerprint density at radius 3 is 2.42 bits per heavy atom. The van der Waals surface area contributed by atoms with Crippen molar-refractivity contribution in [2.24, 2.45) is 0 Å². The number of amides is 1. The molecule has 1 aliphatic heterocycles. The van der Waals surface area contributed by atoms with Crippen LogP contribution in [0.15, 0.2) is 48.5 Å². The minimum atomic E-state index is 0.255. The molecule has 0 radical (unpaired) electrons. The van der Waals surface area contributed by atoms with Crippen LogP contribution in [-0.2, 0) is 17.9 Å². The Morgan fingerprint density at radius 1 is 1.12 bits per heavy atom. The SMILES string of the molecule is COc1ccc(NC(=S)NCc2ccc(CN3CCCC3=O)cc2)cc1. The van der Waals surface area contributed by atoms with Gasteiger partial charge in [0.1, 0.15) is 5.75 Å². The molecule has 1 aliphatic rings. The number of anilines is 1. The number of nitrogens with zero attached hydrogens (tertiary/aromatic N) is 1. The van der Waals surface area contributed by atoms with Crippen LogP contribution in [0.1, 0.15) is 24.0 Å². The lowest BCUT2D eigenvalue weighted by molar-refractivity contribution is -0.128. The highest BCUT2D eigenvalue weighted by Gasteiger charge is 2.19. The van der Waals surface area contributed by atoms with Crippen LogP contribution in [0.4, 0.5) is 5.69 Å². The molecule has 5 nitrogen and oxygen atoms in total. The third-order valence-corrected chi connectivity index (χ3v) is 4.62. The minimum absolute atomic E-state index is 0.255. The number of thiocarbonyl (C=S) groups is 1. The number of rotatable bonds is 6. The molecule has 0 aliphatic carbocycles. The molecule has 0 atom stereocenters. The number of hydrogen-bond acceptors (Lipinski definition) is 3. The van der Waals surface area contributed by atoms with E-state index in [-0.39, 0.29) is 5.91 Å². The number of hydrogen-bond donors (Lipinski definition) is 2. The molecule has 2 N–H and O–H groups in total. The second-order valence-corrected chi connectivity index (χ2v) is 6.68. The van der Waals surface area contributed by atoms with E-state index in [4.69, 9.17) is 17.0 Å². The first-order chi connectivity index (χ1) is 12.6. The molecule has 1 amide bonds. The van der Waals surface area contributed by atoms with Gasteiger partial charge < -0.3 is 20.3 Å². The van der Waals surface area contributed by atoms with Crippen molar-refractivity contribution in [1.82, 2.24) is 10.2 Å². The Morgan fingerprint density at radius 2 is 1.81 bits per heavy atom. The summed E-state index contributed by atoms with van der Waals surface area (Å²) in [6, 6.07) is 15.9. The number of nitrogens with one attached hydrogen (secondary N) is 2. The summed E-state index contributed by atoms with van der Waals surface area (Å²) >= 11 is 5.33. The van der Waals surface area contributed by atoms with Crippen LogP contribution in [0, 0.1) is 0 Å². The van der Waals surface area contributed by atoms with Crippen molar-refractivity contribution in [1.29, 1.82) is 0 Å². The zero-order valence-corrected chi connectivity index (χ0v) is 15.6. The van der Waals surface area contributed by atoms with Crippen LogP contribution in [0.3, 0.4) is 0 Å². The Kier molecular flexibility index (Phi) is 6.07. The molecule has 3 rings (SSSR count). The molecule has 0 aromatic heterocycles. The average molecular weight is 369 g/mol. The van der Waals surface area contributed by atoms with Crippen LogP contribution in [0.25, 0.3) is 0 Å². The highest BCUT2D eigenvalue weighted by molar-refractivity contribution is 7.80. The molecule has 0 saturated carbocycles. The normalized spacial score (nSPS) is 13.6. The second-order valence-electron chi connectivity index (χ2n) is 6.27. The van der Waals surface area contributed by atoms with Crippen LogP contribution in [-0.4, -0.2) is 29.6 Å². The van der Waals surface area contributed by atoms with Crippen LogP contribution in [0.5, 0.6) is 5.75 Å². The van der Waals surface area contributed by atoms with Crippen molar-refractivity contribution >= 4 is 28.9 Å². The van der Waals surface area contributed by atoms with Crippen molar-refractivity contribution in [3.8, 4) is 5.75 Å². The summed E-state index contributed by atoms with van der Waals surface area (Å²) in [6.45, 7) is 2.21. The van der Waals surface area contributed by atoms with Crippen molar-refractivity contribution in [2.45, 2.75) is 25.9 Å². The van der Waals surface area contributed by atoms with Gasteiger partial charge in [0.25, 0.3) is 0 Å². The summed E-state index contributed by atoms with van der Waals surface area (Å²) in [7, 11) is 1.64. The molecular weight excluding hydrogens is 346 g/mol. The number of benzene rings is 2. The van der Waals surface area contributed by atoms with Crippen molar-refractivity contribution < 1.29 is 9.53 Å². The summed E-state index contributed by atoms with van der Waals surface area (Å²) < 4.78 is 5.14. The maximum absolute atomic E-state index is 11.7.